The van der Waals surface area contributed by atoms with Crippen LogP contribution in [0.15, 0.2) is 66.7 Å². The molecule has 2 bridgehead atoms. The van der Waals surface area contributed by atoms with Crippen LogP contribution in [-0.2, 0) is 14.4 Å². The summed E-state index contributed by atoms with van der Waals surface area (Å²) in [6.45, 7) is 1.14. The second kappa shape index (κ2) is 7.08. The number of nitro groups is 1. The first-order valence-corrected chi connectivity index (χ1v) is 10.9. The minimum atomic E-state index is -0.706. The van der Waals surface area contributed by atoms with Crippen LogP contribution in [0.4, 0.5) is 11.4 Å². The zero-order chi connectivity index (χ0) is 23.7. The Hall–Kier alpha value is -4.33. The topological polar surface area (TPSA) is 107 Å². The molecule has 1 aliphatic heterocycles. The van der Waals surface area contributed by atoms with Gasteiger partial charge in [-0.1, -0.05) is 48.5 Å². The fourth-order valence-corrected chi connectivity index (χ4v) is 5.96. The third-order valence-corrected chi connectivity index (χ3v) is 7.10. The summed E-state index contributed by atoms with van der Waals surface area (Å²) in [4.78, 5) is 50.8. The van der Waals surface area contributed by atoms with Crippen molar-refractivity contribution < 1.29 is 24.0 Å². The number of hydrogen-bond acceptors (Lipinski definition) is 6. The SMILES string of the molecule is CC(=O)Oc1ccc(N2C(=O)[C@@H]3C4c5ccccc5C(c5ccccc54)[C@@H]3C2=O)cc1[N+](=O)[O-]. The largest absolute Gasteiger partial charge is 0.419 e. The van der Waals surface area contributed by atoms with Crippen molar-refractivity contribution in [2.45, 2.75) is 18.8 Å². The summed E-state index contributed by atoms with van der Waals surface area (Å²) in [7, 11) is 0. The third-order valence-electron chi connectivity index (χ3n) is 7.10. The summed E-state index contributed by atoms with van der Waals surface area (Å²) in [5.74, 6) is -3.39. The second-order valence-corrected chi connectivity index (χ2v) is 8.78. The number of benzene rings is 3. The van der Waals surface area contributed by atoms with Gasteiger partial charge in [-0.3, -0.25) is 24.5 Å². The first-order valence-electron chi connectivity index (χ1n) is 10.9. The monoisotopic (exact) mass is 454 g/mol. The fourth-order valence-electron chi connectivity index (χ4n) is 5.96. The van der Waals surface area contributed by atoms with Gasteiger partial charge in [0.25, 0.3) is 0 Å². The maximum absolute atomic E-state index is 13.8. The molecule has 0 aromatic heterocycles. The van der Waals surface area contributed by atoms with E-state index in [1.54, 1.807) is 0 Å². The van der Waals surface area contributed by atoms with Gasteiger partial charge in [0.2, 0.25) is 17.6 Å². The molecular formula is C26H18N2O6. The van der Waals surface area contributed by atoms with Crippen molar-refractivity contribution in [3.63, 3.8) is 0 Å². The van der Waals surface area contributed by atoms with Crippen LogP contribution in [0.25, 0.3) is 0 Å². The average Bonchev–Trinajstić information content (AvgIpc) is 3.09. The maximum atomic E-state index is 13.8. The maximum Gasteiger partial charge on any atom is 0.313 e. The van der Waals surface area contributed by atoms with E-state index in [1.807, 2.05) is 48.5 Å². The lowest BCUT2D eigenvalue weighted by Gasteiger charge is -2.45. The van der Waals surface area contributed by atoms with Crippen LogP contribution in [0.2, 0.25) is 0 Å². The van der Waals surface area contributed by atoms with E-state index >= 15 is 0 Å². The summed E-state index contributed by atoms with van der Waals surface area (Å²) in [6, 6.07) is 19.6. The number of hydrogen-bond donors (Lipinski definition) is 0. The van der Waals surface area contributed by atoms with E-state index < -0.39 is 28.4 Å². The third kappa shape index (κ3) is 2.62. The number of nitro benzene ring substituents is 1. The standard InChI is InChI=1S/C26H18N2O6/c1-13(29)34-20-11-10-14(12-19(20)28(32)33)27-25(30)23-21-15-6-2-3-7-16(15)22(24(23)26(27)31)18-9-5-4-8-17(18)21/h2-12,21-24H,1H3/t21?,22?,23-,24+. The number of ether oxygens (including phenoxy) is 1. The van der Waals surface area contributed by atoms with Crippen molar-refractivity contribution >= 4 is 29.2 Å². The zero-order valence-electron chi connectivity index (χ0n) is 18.0. The van der Waals surface area contributed by atoms with Gasteiger partial charge in [-0.05, 0) is 34.4 Å². The summed E-state index contributed by atoms with van der Waals surface area (Å²) in [5.41, 5.74) is 3.80. The molecule has 1 heterocycles. The van der Waals surface area contributed by atoms with Crippen molar-refractivity contribution in [3.05, 3.63) is 99.1 Å². The number of imide groups is 1. The summed E-state index contributed by atoms with van der Waals surface area (Å²) in [5, 5.41) is 11.6. The quantitative estimate of drug-likeness (QED) is 0.195. The van der Waals surface area contributed by atoms with E-state index in [0.29, 0.717) is 0 Å². The highest BCUT2D eigenvalue weighted by molar-refractivity contribution is 6.23. The van der Waals surface area contributed by atoms with Gasteiger partial charge in [0.05, 0.1) is 22.4 Å². The van der Waals surface area contributed by atoms with Crippen molar-refractivity contribution in [1.29, 1.82) is 0 Å². The molecule has 4 aliphatic rings. The Bertz CT molecular complexity index is 1310. The van der Waals surface area contributed by atoms with Crippen LogP contribution in [0.1, 0.15) is 41.0 Å². The molecule has 1 fully saturated rings. The number of nitrogens with zero attached hydrogens (tertiary/aromatic N) is 2. The predicted octanol–water partition coefficient (Wildman–Crippen LogP) is 3.92. The number of anilines is 1. The van der Waals surface area contributed by atoms with Gasteiger partial charge in [-0.15, -0.1) is 0 Å². The highest BCUT2D eigenvalue weighted by atomic mass is 16.6. The molecule has 2 amide bonds. The molecule has 0 N–H and O–H groups in total. The van der Waals surface area contributed by atoms with Crippen LogP contribution in [0, 0.1) is 22.0 Å². The molecule has 0 saturated carbocycles. The summed E-state index contributed by atoms with van der Waals surface area (Å²) in [6.07, 6.45) is 0. The predicted molar refractivity (Wildman–Crippen MR) is 120 cm³/mol. The van der Waals surface area contributed by atoms with Crippen molar-refractivity contribution in [2.24, 2.45) is 11.8 Å². The molecule has 3 aliphatic carbocycles. The molecule has 2 atom stereocenters. The Kier molecular flexibility index (Phi) is 4.23. The highest BCUT2D eigenvalue weighted by Gasteiger charge is 2.61. The molecule has 168 valence electrons. The average molecular weight is 454 g/mol. The van der Waals surface area contributed by atoms with Crippen LogP contribution in [0.5, 0.6) is 5.75 Å². The molecule has 34 heavy (non-hydrogen) atoms. The van der Waals surface area contributed by atoms with Crippen LogP contribution in [-0.4, -0.2) is 22.7 Å². The molecule has 0 unspecified atom stereocenters. The van der Waals surface area contributed by atoms with E-state index in [2.05, 4.69) is 0 Å². The molecule has 3 aromatic carbocycles. The molecular weight excluding hydrogens is 436 g/mol. The number of rotatable bonds is 3. The van der Waals surface area contributed by atoms with Gasteiger partial charge >= 0.3 is 11.7 Å². The summed E-state index contributed by atoms with van der Waals surface area (Å²) >= 11 is 0. The second-order valence-electron chi connectivity index (χ2n) is 8.78. The molecule has 1 saturated heterocycles. The lowest BCUT2D eigenvalue weighted by molar-refractivity contribution is -0.385. The van der Waals surface area contributed by atoms with Crippen molar-refractivity contribution in [2.75, 3.05) is 4.90 Å². The zero-order valence-corrected chi connectivity index (χ0v) is 18.0. The number of esters is 1. The molecule has 0 radical (unpaired) electrons. The Morgan fingerprint density at radius 1 is 0.853 bits per heavy atom. The van der Waals surface area contributed by atoms with Crippen molar-refractivity contribution in [3.8, 4) is 5.75 Å². The highest BCUT2D eigenvalue weighted by Crippen LogP contribution is 2.61. The molecule has 3 aromatic rings. The molecule has 0 spiro atoms. The minimum absolute atomic E-state index is 0.0968. The van der Waals surface area contributed by atoms with Gasteiger partial charge in [0, 0.05) is 24.8 Å². The van der Waals surface area contributed by atoms with Crippen molar-refractivity contribution in [1.82, 2.24) is 0 Å². The van der Waals surface area contributed by atoms with Gasteiger partial charge in [0.15, 0.2) is 0 Å². The lowest BCUT2D eigenvalue weighted by Crippen LogP contribution is -2.41. The number of carbonyl (C=O) groups excluding carboxylic acids is 3. The van der Waals surface area contributed by atoms with E-state index in [1.165, 1.54) is 12.1 Å². The van der Waals surface area contributed by atoms with E-state index in [4.69, 9.17) is 4.74 Å². The Morgan fingerprint density at radius 2 is 1.32 bits per heavy atom. The van der Waals surface area contributed by atoms with Crippen LogP contribution in [0.3, 0.4) is 0 Å². The van der Waals surface area contributed by atoms with Crippen LogP contribution < -0.4 is 9.64 Å². The van der Waals surface area contributed by atoms with Gasteiger partial charge < -0.3 is 4.74 Å². The normalized spacial score (nSPS) is 23.9. The van der Waals surface area contributed by atoms with E-state index in [-0.39, 0.29) is 35.1 Å². The van der Waals surface area contributed by atoms with Gasteiger partial charge in [-0.2, -0.15) is 0 Å². The Labute approximate surface area is 193 Å². The summed E-state index contributed by atoms with van der Waals surface area (Å²) < 4.78 is 4.93. The number of carbonyl (C=O) groups is 3. The smallest absolute Gasteiger partial charge is 0.313 e. The molecule has 7 rings (SSSR count). The minimum Gasteiger partial charge on any atom is -0.419 e. The fraction of sp³-hybridized carbons (Fsp3) is 0.192. The number of amides is 2. The first kappa shape index (κ1) is 20.3. The van der Waals surface area contributed by atoms with E-state index in [0.717, 1.165) is 40.1 Å². The van der Waals surface area contributed by atoms with Crippen LogP contribution >= 0.6 is 0 Å². The molecule has 8 nitrogen and oxygen atoms in total. The lowest BCUT2D eigenvalue weighted by atomic mass is 9.55. The van der Waals surface area contributed by atoms with E-state index in [9.17, 15) is 24.5 Å². The molecule has 8 heteroatoms. The van der Waals surface area contributed by atoms with Gasteiger partial charge in [-0.25, -0.2) is 4.90 Å². The van der Waals surface area contributed by atoms with Gasteiger partial charge in [0.1, 0.15) is 0 Å². The first-order chi connectivity index (χ1) is 16.4. The Balaban J connectivity index is 1.49. The Morgan fingerprint density at radius 3 is 1.74 bits per heavy atom.